The maximum Gasteiger partial charge on any atom is 0.129 e. The number of hydrogen-bond donors (Lipinski definition) is 1. The molecule has 0 saturated carbocycles. The zero-order valence-electron chi connectivity index (χ0n) is 9.20. The highest BCUT2D eigenvalue weighted by atomic mass is 15.2. The zero-order chi connectivity index (χ0) is 10.6. The summed E-state index contributed by atoms with van der Waals surface area (Å²) in [5.41, 5.74) is 6.72. The third-order valence-electron chi connectivity index (χ3n) is 2.30. The fraction of sp³-hybridized carbons (Fsp3) is 0.545. The molecule has 0 spiro atoms. The minimum atomic E-state index is 0.473. The van der Waals surface area contributed by atoms with Gasteiger partial charge in [0.15, 0.2) is 0 Å². The number of nitrogens with zero attached hydrogens (tertiary/aromatic N) is 2. The van der Waals surface area contributed by atoms with Gasteiger partial charge < -0.3 is 10.6 Å². The molecule has 1 heterocycles. The minimum Gasteiger partial charge on any atom is -0.354 e. The molecule has 0 saturated heterocycles. The second-order valence-electron chi connectivity index (χ2n) is 3.61. The van der Waals surface area contributed by atoms with Gasteiger partial charge in [-0.1, -0.05) is 0 Å². The Morgan fingerprint density at radius 1 is 1.50 bits per heavy atom. The predicted molar refractivity (Wildman–Crippen MR) is 60.3 cm³/mol. The van der Waals surface area contributed by atoms with Gasteiger partial charge in [0.1, 0.15) is 5.82 Å². The van der Waals surface area contributed by atoms with Gasteiger partial charge in [-0.05, 0) is 38.5 Å². The molecule has 2 N–H and O–H groups in total. The van der Waals surface area contributed by atoms with Crippen molar-refractivity contribution in [3.8, 4) is 0 Å². The highest BCUT2D eigenvalue weighted by Gasteiger charge is 2.09. The van der Waals surface area contributed by atoms with Gasteiger partial charge in [-0.15, -0.1) is 0 Å². The molecule has 0 aliphatic rings. The van der Waals surface area contributed by atoms with Crippen molar-refractivity contribution >= 4 is 5.82 Å². The largest absolute Gasteiger partial charge is 0.354 e. The van der Waals surface area contributed by atoms with E-state index in [4.69, 9.17) is 5.73 Å². The zero-order valence-corrected chi connectivity index (χ0v) is 9.20. The summed E-state index contributed by atoms with van der Waals surface area (Å²) in [5.74, 6) is 1.02. The molecule has 0 amide bonds. The first kappa shape index (κ1) is 11.0. The Morgan fingerprint density at radius 2 is 2.21 bits per heavy atom. The van der Waals surface area contributed by atoms with E-state index in [1.54, 1.807) is 0 Å². The smallest absolute Gasteiger partial charge is 0.129 e. The number of hydrogen-bond acceptors (Lipinski definition) is 3. The van der Waals surface area contributed by atoms with Crippen molar-refractivity contribution in [1.29, 1.82) is 0 Å². The summed E-state index contributed by atoms with van der Waals surface area (Å²) in [4.78, 5) is 6.60. The molecule has 78 valence electrons. The molecule has 3 heteroatoms. The summed E-state index contributed by atoms with van der Waals surface area (Å²) in [6.07, 6.45) is 1.82. The Labute approximate surface area is 85.9 Å². The predicted octanol–water partition coefficient (Wildman–Crippen LogP) is 1.77. The van der Waals surface area contributed by atoms with Crippen LogP contribution in [0.15, 0.2) is 18.3 Å². The molecule has 0 fully saturated rings. The van der Waals surface area contributed by atoms with E-state index in [-0.39, 0.29) is 0 Å². The number of rotatable bonds is 4. The molecule has 1 aromatic rings. The van der Waals surface area contributed by atoms with E-state index in [0.29, 0.717) is 12.6 Å². The van der Waals surface area contributed by atoms with Crippen LogP contribution in [-0.4, -0.2) is 17.6 Å². The van der Waals surface area contributed by atoms with Gasteiger partial charge in [-0.3, -0.25) is 0 Å². The molecule has 3 nitrogen and oxygen atoms in total. The number of nitrogens with two attached hydrogens (primary N) is 1. The Balaban J connectivity index is 2.92. The van der Waals surface area contributed by atoms with E-state index < -0.39 is 0 Å². The van der Waals surface area contributed by atoms with Crippen LogP contribution in [0, 0.1) is 0 Å². The summed E-state index contributed by atoms with van der Waals surface area (Å²) in [5, 5.41) is 0. The van der Waals surface area contributed by atoms with Gasteiger partial charge in [0.2, 0.25) is 0 Å². The quantitative estimate of drug-likeness (QED) is 0.792. The average molecular weight is 193 g/mol. The molecule has 0 aliphatic heterocycles. The van der Waals surface area contributed by atoms with Crippen LogP contribution in [0.4, 0.5) is 5.82 Å². The van der Waals surface area contributed by atoms with Crippen LogP contribution in [0.25, 0.3) is 0 Å². The van der Waals surface area contributed by atoms with Crippen LogP contribution < -0.4 is 10.6 Å². The van der Waals surface area contributed by atoms with Crippen LogP contribution in [0.5, 0.6) is 0 Å². The van der Waals surface area contributed by atoms with Gasteiger partial charge in [-0.2, -0.15) is 0 Å². The standard InChI is InChI=1S/C11H19N3/c1-4-14(9(2)3)11-7-10(8-12)5-6-13-11/h5-7,9H,4,8,12H2,1-3H3. The monoisotopic (exact) mass is 193 g/mol. The lowest BCUT2D eigenvalue weighted by molar-refractivity contribution is 0.692. The lowest BCUT2D eigenvalue weighted by atomic mass is 10.2. The van der Waals surface area contributed by atoms with E-state index in [2.05, 4.69) is 36.7 Å². The van der Waals surface area contributed by atoms with Crippen molar-refractivity contribution in [2.24, 2.45) is 5.73 Å². The van der Waals surface area contributed by atoms with Crippen LogP contribution in [0.3, 0.4) is 0 Å². The topological polar surface area (TPSA) is 42.1 Å². The Kier molecular flexibility index (Phi) is 3.89. The lowest BCUT2D eigenvalue weighted by Crippen LogP contribution is -2.31. The third kappa shape index (κ3) is 2.45. The number of pyridine rings is 1. The average Bonchev–Trinajstić information content (AvgIpc) is 2.19. The molecule has 1 aromatic heterocycles. The Bertz CT molecular complexity index is 284. The summed E-state index contributed by atoms with van der Waals surface area (Å²) < 4.78 is 0. The van der Waals surface area contributed by atoms with Crippen LogP contribution in [0.1, 0.15) is 26.3 Å². The highest BCUT2D eigenvalue weighted by molar-refractivity contribution is 5.41. The normalized spacial score (nSPS) is 10.6. The van der Waals surface area contributed by atoms with Crippen molar-refractivity contribution in [2.45, 2.75) is 33.4 Å². The minimum absolute atomic E-state index is 0.473. The summed E-state index contributed by atoms with van der Waals surface area (Å²) in [6.45, 7) is 8.02. The van der Waals surface area contributed by atoms with Crippen molar-refractivity contribution in [2.75, 3.05) is 11.4 Å². The molecule has 0 atom stereocenters. The van der Waals surface area contributed by atoms with Crippen molar-refractivity contribution in [1.82, 2.24) is 4.98 Å². The lowest BCUT2D eigenvalue weighted by Gasteiger charge is -2.26. The summed E-state index contributed by atoms with van der Waals surface area (Å²) in [7, 11) is 0. The fourth-order valence-electron chi connectivity index (χ4n) is 1.54. The third-order valence-corrected chi connectivity index (χ3v) is 2.30. The van der Waals surface area contributed by atoms with Crippen molar-refractivity contribution in [3.63, 3.8) is 0 Å². The van der Waals surface area contributed by atoms with E-state index >= 15 is 0 Å². The van der Waals surface area contributed by atoms with Gasteiger partial charge in [-0.25, -0.2) is 4.98 Å². The van der Waals surface area contributed by atoms with Gasteiger partial charge in [0.25, 0.3) is 0 Å². The van der Waals surface area contributed by atoms with E-state index in [1.807, 2.05) is 12.3 Å². The molecule has 1 rings (SSSR count). The fourth-order valence-corrected chi connectivity index (χ4v) is 1.54. The van der Waals surface area contributed by atoms with E-state index in [9.17, 15) is 0 Å². The second kappa shape index (κ2) is 4.96. The molecule has 0 radical (unpaired) electrons. The summed E-state index contributed by atoms with van der Waals surface area (Å²) >= 11 is 0. The van der Waals surface area contributed by atoms with Gasteiger partial charge in [0, 0.05) is 25.3 Å². The van der Waals surface area contributed by atoms with Crippen LogP contribution in [-0.2, 0) is 6.54 Å². The molecule has 0 bridgehead atoms. The number of aromatic nitrogens is 1. The Morgan fingerprint density at radius 3 is 2.71 bits per heavy atom. The molecular formula is C11H19N3. The van der Waals surface area contributed by atoms with Gasteiger partial charge in [0.05, 0.1) is 0 Å². The van der Waals surface area contributed by atoms with E-state index in [1.165, 1.54) is 0 Å². The molecular weight excluding hydrogens is 174 g/mol. The first-order valence-electron chi connectivity index (χ1n) is 5.10. The van der Waals surface area contributed by atoms with Crippen LogP contribution >= 0.6 is 0 Å². The number of anilines is 1. The second-order valence-corrected chi connectivity index (χ2v) is 3.61. The van der Waals surface area contributed by atoms with E-state index in [0.717, 1.165) is 17.9 Å². The van der Waals surface area contributed by atoms with Gasteiger partial charge >= 0.3 is 0 Å². The first-order chi connectivity index (χ1) is 6.69. The molecule has 14 heavy (non-hydrogen) atoms. The molecule has 0 unspecified atom stereocenters. The maximum atomic E-state index is 5.59. The Hall–Kier alpha value is -1.09. The SMILES string of the molecule is CCN(c1cc(CN)ccn1)C(C)C. The molecule has 0 aromatic carbocycles. The van der Waals surface area contributed by atoms with Crippen molar-refractivity contribution in [3.05, 3.63) is 23.9 Å². The summed E-state index contributed by atoms with van der Waals surface area (Å²) in [6, 6.07) is 4.49. The molecule has 0 aliphatic carbocycles. The first-order valence-corrected chi connectivity index (χ1v) is 5.10. The van der Waals surface area contributed by atoms with Crippen LogP contribution in [0.2, 0.25) is 0 Å². The maximum absolute atomic E-state index is 5.59. The highest BCUT2D eigenvalue weighted by Crippen LogP contribution is 2.14. The van der Waals surface area contributed by atoms with Crippen molar-refractivity contribution < 1.29 is 0 Å².